The van der Waals surface area contributed by atoms with Crippen LogP contribution in [0.3, 0.4) is 0 Å². The first-order valence-electron chi connectivity index (χ1n) is 7.09. The fourth-order valence-corrected chi connectivity index (χ4v) is 2.40. The summed E-state index contributed by atoms with van der Waals surface area (Å²) in [7, 11) is 0. The van der Waals surface area contributed by atoms with Crippen molar-refractivity contribution in [1.82, 2.24) is 10.2 Å². The van der Waals surface area contributed by atoms with Gasteiger partial charge in [-0.15, -0.1) is 11.6 Å². The van der Waals surface area contributed by atoms with Gasteiger partial charge in [0.1, 0.15) is 12.5 Å². The van der Waals surface area contributed by atoms with Crippen molar-refractivity contribution in [3.8, 4) is 0 Å². The van der Waals surface area contributed by atoms with Crippen LogP contribution in [0.5, 0.6) is 0 Å². The van der Waals surface area contributed by atoms with Crippen LogP contribution in [0, 0.1) is 0 Å². The summed E-state index contributed by atoms with van der Waals surface area (Å²) in [5.74, 6) is -0.475. The summed E-state index contributed by atoms with van der Waals surface area (Å²) in [5, 5.41) is 12.6. The summed E-state index contributed by atoms with van der Waals surface area (Å²) >= 11 is 5.42. The normalized spacial score (nSPS) is 21.3. The third kappa shape index (κ3) is 4.61. The fourth-order valence-electron chi connectivity index (χ4n) is 2.32. The third-order valence-corrected chi connectivity index (χ3v) is 3.76. The van der Waals surface area contributed by atoms with Crippen LogP contribution in [0.15, 0.2) is 30.3 Å². The lowest BCUT2D eigenvalue weighted by atomic mass is 10.0. The van der Waals surface area contributed by atoms with Gasteiger partial charge in [0.05, 0.1) is 18.7 Å². The highest BCUT2D eigenvalue weighted by atomic mass is 35.5. The number of benzene rings is 1. The van der Waals surface area contributed by atoms with Crippen molar-refractivity contribution >= 4 is 23.6 Å². The van der Waals surface area contributed by atoms with Crippen molar-refractivity contribution in [2.24, 2.45) is 0 Å². The van der Waals surface area contributed by atoms with Gasteiger partial charge in [-0.2, -0.15) is 0 Å². The average Bonchev–Trinajstić information content (AvgIpc) is 2.55. The van der Waals surface area contributed by atoms with E-state index in [4.69, 9.17) is 16.3 Å². The van der Waals surface area contributed by atoms with E-state index in [2.05, 4.69) is 5.32 Å². The van der Waals surface area contributed by atoms with Crippen LogP contribution in [0.4, 0.5) is 4.79 Å². The van der Waals surface area contributed by atoms with Gasteiger partial charge < -0.3 is 20.1 Å². The predicted octanol–water partition coefficient (Wildman–Crippen LogP) is 1.11. The Bertz CT molecular complexity index is 512. The monoisotopic (exact) mass is 326 g/mol. The molecular weight excluding hydrogens is 308 g/mol. The Morgan fingerprint density at radius 3 is 2.73 bits per heavy atom. The zero-order chi connectivity index (χ0) is 15.9. The number of hydrogen-bond acceptors (Lipinski definition) is 4. The molecule has 0 spiro atoms. The number of aliphatic hydroxyl groups excluding tert-OH is 1. The molecular formula is C15H19ClN2O4. The van der Waals surface area contributed by atoms with Gasteiger partial charge in [-0.3, -0.25) is 4.79 Å². The Morgan fingerprint density at radius 2 is 2.09 bits per heavy atom. The summed E-state index contributed by atoms with van der Waals surface area (Å²) in [6.45, 7) is 0.734. The Balaban J connectivity index is 1.79. The number of rotatable bonds is 4. The van der Waals surface area contributed by atoms with E-state index in [-0.39, 0.29) is 31.0 Å². The molecule has 1 aromatic rings. The highest BCUT2D eigenvalue weighted by molar-refractivity contribution is 6.27. The Kier molecular flexibility index (Phi) is 6.03. The molecule has 0 aliphatic carbocycles. The van der Waals surface area contributed by atoms with Gasteiger partial charge in [-0.1, -0.05) is 30.3 Å². The number of piperidine rings is 1. The van der Waals surface area contributed by atoms with Gasteiger partial charge in [0, 0.05) is 6.54 Å². The molecule has 0 bridgehead atoms. The molecule has 2 atom stereocenters. The van der Waals surface area contributed by atoms with E-state index in [1.165, 1.54) is 4.90 Å². The molecule has 7 heteroatoms. The number of likely N-dealkylation sites (tertiary alicyclic amines) is 1. The molecule has 1 aliphatic rings. The van der Waals surface area contributed by atoms with E-state index in [0.717, 1.165) is 5.56 Å². The van der Waals surface area contributed by atoms with Crippen LogP contribution in [0.2, 0.25) is 0 Å². The number of aliphatic hydroxyl groups is 1. The number of carbonyl (C=O) groups excluding carboxylic acids is 2. The van der Waals surface area contributed by atoms with Crippen LogP contribution in [-0.2, 0) is 16.1 Å². The minimum Gasteiger partial charge on any atom is -0.445 e. The van der Waals surface area contributed by atoms with Crippen molar-refractivity contribution in [3.63, 3.8) is 0 Å². The minimum absolute atomic E-state index is 0.126. The van der Waals surface area contributed by atoms with Crippen molar-refractivity contribution in [3.05, 3.63) is 35.9 Å². The van der Waals surface area contributed by atoms with Crippen LogP contribution in [0.25, 0.3) is 0 Å². The zero-order valence-corrected chi connectivity index (χ0v) is 12.8. The summed E-state index contributed by atoms with van der Waals surface area (Å²) in [6.07, 6.45) is -0.834. The van der Waals surface area contributed by atoms with Crippen LogP contribution >= 0.6 is 11.6 Å². The highest BCUT2D eigenvalue weighted by Crippen LogP contribution is 2.13. The van der Waals surface area contributed by atoms with Gasteiger partial charge in [0.15, 0.2) is 0 Å². The molecule has 2 N–H and O–H groups in total. The van der Waals surface area contributed by atoms with E-state index in [9.17, 15) is 14.7 Å². The predicted molar refractivity (Wildman–Crippen MR) is 81.5 cm³/mol. The molecule has 6 nitrogen and oxygen atoms in total. The maximum Gasteiger partial charge on any atom is 0.410 e. The highest BCUT2D eigenvalue weighted by Gasteiger charge is 2.31. The van der Waals surface area contributed by atoms with Gasteiger partial charge in [0.25, 0.3) is 0 Å². The second-order valence-corrected chi connectivity index (χ2v) is 5.42. The number of amides is 2. The number of hydrogen-bond donors (Lipinski definition) is 2. The topological polar surface area (TPSA) is 78.9 Å². The lowest BCUT2D eigenvalue weighted by Gasteiger charge is -2.35. The van der Waals surface area contributed by atoms with E-state index < -0.39 is 12.2 Å². The second kappa shape index (κ2) is 8.00. The van der Waals surface area contributed by atoms with Crippen LogP contribution < -0.4 is 5.32 Å². The Labute approximate surface area is 134 Å². The number of nitrogens with one attached hydrogen (secondary N) is 1. The van der Waals surface area contributed by atoms with Crippen LogP contribution in [0.1, 0.15) is 12.0 Å². The lowest BCUT2D eigenvalue weighted by molar-refractivity contribution is -0.120. The van der Waals surface area contributed by atoms with E-state index in [1.807, 2.05) is 30.3 Å². The molecule has 1 aromatic carbocycles. The van der Waals surface area contributed by atoms with Gasteiger partial charge >= 0.3 is 6.09 Å². The van der Waals surface area contributed by atoms with E-state index in [0.29, 0.717) is 13.0 Å². The van der Waals surface area contributed by atoms with Crippen molar-refractivity contribution in [2.45, 2.75) is 25.2 Å². The zero-order valence-electron chi connectivity index (χ0n) is 12.1. The number of ether oxygens (including phenoxy) is 1. The number of alkyl halides is 1. The largest absolute Gasteiger partial charge is 0.445 e. The maximum absolute atomic E-state index is 12.0. The molecule has 1 aliphatic heterocycles. The molecule has 120 valence electrons. The molecule has 2 amide bonds. The summed E-state index contributed by atoms with van der Waals surface area (Å²) < 4.78 is 5.22. The smallest absolute Gasteiger partial charge is 0.410 e. The Morgan fingerprint density at radius 1 is 1.36 bits per heavy atom. The maximum atomic E-state index is 12.0. The molecule has 2 rings (SSSR count). The molecule has 1 fully saturated rings. The van der Waals surface area contributed by atoms with Crippen molar-refractivity contribution in [2.75, 3.05) is 19.0 Å². The number of halogens is 1. The molecule has 22 heavy (non-hydrogen) atoms. The third-order valence-electron chi connectivity index (χ3n) is 3.51. The first kappa shape index (κ1) is 16.6. The molecule has 0 saturated carbocycles. The van der Waals surface area contributed by atoms with E-state index in [1.54, 1.807) is 0 Å². The molecule has 1 saturated heterocycles. The average molecular weight is 327 g/mol. The first-order chi connectivity index (χ1) is 10.6. The summed E-state index contributed by atoms with van der Waals surface area (Å²) in [4.78, 5) is 24.7. The number of carbonyl (C=O) groups is 2. The fraction of sp³-hybridized carbons (Fsp3) is 0.467. The first-order valence-corrected chi connectivity index (χ1v) is 7.62. The van der Waals surface area contributed by atoms with Crippen molar-refractivity contribution < 1.29 is 19.4 Å². The SMILES string of the molecule is O=C(CCl)N[C@H]1CCN(C(=O)OCc2ccccc2)C[C@H]1O. The lowest BCUT2D eigenvalue weighted by Crippen LogP contribution is -2.55. The quantitative estimate of drug-likeness (QED) is 0.813. The van der Waals surface area contributed by atoms with E-state index >= 15 is 0 Å². The number of nitrogens with zero attached hydrogens (tertiary/aromatic N) is 1. The van der Waals surface area contributed by atoms with Gasteiger partial charge in [-0.25, -0.2) is 4.79 Å². The van der Waals surface area contributed by atoms with Gasteiger partial charge in [-0.05, 0) is 12.0 Å². The second-order valence-electron chi connectivity index (χ2n) is 5.15. The Hall–Kier alpha value is -1.79. The number of β-amino-alcohol motifs (C(OH)–C–C–N with tert-alkyl or cyclic N) is 1. The standard InChI is InChI=1S/C15H19ClN2O4/c16-8-14(20)17-12-6-7-18(9-13(12)19)15(21)22-10-11-4-2-1-3-5-11/h1-5,12-13,19H,6-10H2,(H,17,20)/t12-,13+/m0/s1. The summed E-state index contributed by atoms with van der Waals surface area (Å²) in [5.41, 5.74) is 0.903. The molecule has 0 aromatic heterocycles. The molecule has 1 heterocycles. The summed E-state index contributed by atoms with van der Waals surface area (Å²) in [6, 6.07) is 8.99. The van der Waals surface area contributed by atoms with Crippen molar-refractivity contribution in [1.29, 1.82) is 0 Å². The minimum atomic E-state index is -0.829. The molecule has 0 unspecified atom stereocenters. The molecule has 0 radical (unpaired) electrons. The van der Waals surface area contributed by atoms with Crippen LogP contribution in [-0.4, -0.2) is 53.1 Å². The van der Waals surface area contributed by atoms with Gasteiger partial charge in [0.2, 0.25) is 5.91 Å².